The second-order valence-electron chi connectivity index (χ2n) is 7.99. The Balaban J connectivity index is 2.23. The van der Waals surface area contributed by atoms with Crippen molar-refractivity contribution in [3.63, 3.8) is 0 Å². The summed E-state index contributed by atoms with van der Waals surface area (Å²) in [4.78, 5) is 26.0. The van der Waals surface area contributed by atoms with Crippen molar-refractivity contribution in [3.8, 4) is 11.4 Å². The Labute approximate surface area is 195 Å². The summed E-state index contributed by atoms with van der Waals surface area (Å²) in [6, 6.07) is 10.2. The molecular formula is C24H26FN3O4S. The van der Waals surface area contributed by atoms with Crippen molar-refractivity contribution in [2.45, 2.75) is 19.3 Å². The predicted octanol–water partition coefficient (Wildman–Crippen LogP) is 3.80. The Bertz CT molecular complexity index is 1280. The first kappa shape index (κ1) is 24.3. The first-order valence-electron chi connectivity index (χ1n) is 10.1. The SMILES string of the molecule is COc1c(C(C)(C)CO)cc(-n2ccc(=O)[nH]c2=O)c(F)c1/C=C/c1ccc(NSC)cc1. The van der Waals surface area contributed by atoms with Crippen LogP contribution in [0, 0.1) is 5.82 Å². The van der Waals surface area contributed by atoms with Crippen LogP contribution in [0.15, 0.2) is 52.2 Å². The smallest absolute Gasteiger partial charge is 0.333 e. The third-order valence-corrected chi connectivity index (χ3v) is 5.66. The number of nitrogens with zero attached hydrogens (tertiary/aromatic N) is 1. The quantitative estimate of drug-likeness (QED) is 0.342. The third kappa shape index (κ3) is 5.20. The molecule has 0 atom stereocenters. The van der Waals surface area contributed by atoms with Crippen molar-refractivity contribution in [3.05, 3.63) is 85.9 Å². The van der Waals surface area contributed by atoms with Crippen LogP contribution in [-0.2, 0) is 5.41 Å². The highest BCUT2D eigenvalue weighted by Crippen LogP contribution is 2.39. The van der Waals surface area contributed by atoms with Gasteiger partial charge in [0.15, 0.2) is 5.82 Å². The number of methoxy groups -OCH3 is 1. The molecule has 3 rings (SSSR count). The Morgan fingerprint density at radius 1 is 1.21 bits per heavy atom. The van der Waals surface area contributed by atoms with E-state index < -0.39 is 22.5 Å². The van der Waals surface area contributed by atoms with Gasteiger partial charge in [0.05, 0.1) is 25.0 Å². The molecule has 2 aromatic carbocycles. The summed E-state index contributed by atoms with van der Waals surface area (Å²) in [5, 5.41) is 9.97. The Morgan fingerprint density at radius 2 is 1.91 bits per heavy atom. The Kier molecular flexibility index (Phi) is 7.45. The lowest BCUT2D eigenvalue weighted by Gasteiger charge is -2.27. The number of benzene rings is 2. The van der Waals surface area contributed by atoms with E-state index in [-0.39, 0.29) is 23.6 Å². The molecule has 3 N–H and O–H groups in total. The van der Waals surface area contributed by atoms with E-state index in [1.807, 2.05) is 30.5 Å². The molecule has 9 heteroatoms. The van der Waals surface area contributed by atoms with E-state index in [1.165, 1.54) is 31.3 Å². The first-order chi connectivity index (χ1) is 15.7. The zero-order valence-corrected chi connectivity index (χ0v) is 19.6. The van der Waals surface area contributed by atoms with Gasteiger partial charge >= 0.3 is 5.69 Å². The van der Waals surface area contributed by atoms with Gasteiger partial charge in [-0.2, -0.15) is 0 Å². The van der Waals surface area contributed by atoms with Gasteiger partial charge in [-0.25, -0.2) is 9.18 Å². The van der Waals surface area contributed by atoms with Crippen LogP contribution in [-0.4, -0.2) is 34.6 Å². The zero-order valence-electron chi connectivity index (χ0n) is 18.8. The van der Waals surface area contributed by atoms with Crippen LogP contribution in [0.5, 0.6) is 5.75 Å². The Hall–Kier alpha value is -3.30. The highest BCUT2D eigenvalue weighted by atomic mass is 32.2. The summed E-state index contributed by atoms with van der Waals surface area (Å²) < 4.78 is 25.5. The normalized spacial score (nSPS) is 11.7. The Morgan fingerprint density at radius 3 is 2.48 bits per heavy atom. The van der Waals surface area contributed by atoms with Crippen LogP contribution in [0.3, 0.4) is 0 Å². The number of anilines is 1. The maximum Gasteiger partial charge on any atom is 0.333 e. The molecule has 3 aromatic rings. The second kappa shape index (κ2) is 10.1. The largest absolute Gasteiger partial charge is 0.496 e. The van der Waals surface area contributed by atoms with Crippen LogP contribution < -0.4 is 20.7 Å². The molecular weight excluding hydrogens is 445 g/mol. The molecule has 0 aliphatic heterocycles. The van der Waals surface area contributed by atoms with E-state index in [4.69, 9.17) is 4.74 Å². The molecule has 0 aliphatic rings. The van der Waals surface area contributed by atoms with Crippen molar-refractivity contribution in [2.24, 2.45) is 0 Å². The van der Waals surface area contributed by atoms with Crippen molar-refractivity contribution in [1.29, 1.82) is 0 Å². The molecule has 0 saturated carbocycles. The molecule has 0 fully saturated rings. The summed E-state index contributed by atoms with van der Waals surface area (Å²) in [7, 11) is 1.43. The van der Waals surface area contributed by atoms with Gasteiger partial charge in [-0.3, -0.25) is 14.3 Å². The van der Waals surface area contributed by atoms with Gasteiger partial charge in [0.2, 0.25) is 0 Å². The van der Waals surface area contributed by atoms with Crippen molar-refractivity contribution in [2.75, 3.05) is 24.7 Å². The molecule has 1 heterocycles. The van der Waals surface area contributed by atoms with Gasteiger partial charge in [0, 0.05) is 35.2 Å². The third-order valence-electron chi connectivity index (χ3n) is 5.22. The lowest BCUT2D eigenvalue weighted by Crippen LogP contribution is -2.29. The van der Waals surface area contributed by atoms with Crippen LogP contribution in [0.25, 0.3) is 17.8 Å². The number of aromatic nitrogens is 2. The zero-order chi connectivity index (χ0) is 24.2. The van der Waals surface area contributed by atoms with Crippen molar-refractivity contribution >= 4 is 29.8 Å². The predicted molar refractivity (Wildman–Crippen MR) is 132 cm³/mol. The minimum atomic E-state index is -0.798. The molecule has 0 amide bonds. The van der Waals surface area contributed by atoms with E-state index in [0.717, 1.165) is 21.9 Å². The maximum absolute atomic E-state index is 15.8. The lowest BCUT2D eigenvalue weighted by atomic mass is 9.83. The molecule has 0 aliphatic carbocycles. The second-order valence-corrected chi connectivity index (χ2v) is 8.60. The summed E-state index contributed by atoms with van der Waals surface area (Å²) in [6.45, 7) is 3.34. The minimum Gasteiger partial charge on any atom is -0.496 e. The van der Waals surface area contributed by atoms with Crippen LogP contribution in [0.1, 0.15) is 30.5 Å². The number of H-pyrrole nitrogens is 1. The number of ether oxygens (including phenoxy) is 1. The number of aromatic amines is 1. The van der Waals surface area contributed by atoms with Crippen LogP contribution in [0.4, 0.5) is 10.1 Å². The van der Waals surface area contributed by atoms with Crippen molar-refractivity contribution in [1.82, 2.24) is 9.55 Å². The molecule has 0 spiro atoms. The van der Waals surface area contributed by atoms with E-state index in [0.29, 0.717) is 5.56 Å². The molecule has 1 aromatic heterocycles. The average molecular weight is 472 g/mol. The minimum absolute atomic E-state index is 0.0623. The number of hydrogen-bond acceptors (Lipinski definition) is 6. The molecule has 0 radical (unpaired) electrons. The summed E-state index contributed by atoms with van der Waals surface area (Å²) in [5.74, 6) is -0.444. The molecule has 174 valence electrons. The summed E-state index contributed by atoms with van der Waals surface area (Å²) >= 11 is 1.48. The van der Waals surface area contributed by atoms with E-state index >= 15 is 4.39 Å². The van der Waals surface area contributed by atoms with Crippen LogP contribution in [0.2, 0.25) is 0 Å². The summed E-state index contributed by atoms with van der Waals surface area (Å²) in [5.41, 5.74) is 0.192. The highest BCUT2D eigenvalue weighted by molar-refractivity contribution is 7.99. The monoisotopic (exact) mass is 471 g/mol. The average Bonchev–Trinajstić information content (AvgIpc) is 2.79. The number of aliphatic hydroxyl groups excluding tert-OH is 1. The lowest BCUT2D eigenvalue weighted by molar-refractivity contribution is 0.214. The standard InChI is InChI=1S/C24H26FN3O4S/c1-24(2,14-29)18-13-19(28-12-11-20(30)26-23(28)31)21(25)17(22(18)32-3)10-7-15-5-8-16(9-6-15)27-33-4/h5-13,27,29H,14H2,1-4H3,(H,26,30,31)/b10-7+. The van der Waals surface area contributed by atoms with Crippen LogP contribution >= 0.6 is 11.9 Å². The van der Waals surface area contributed by atoms with Gasteiger partial charge in [-0.15, -0.1) is 0 Å². The number of halogens is 1. The maximum atomic E-state index is 15.8. The number of hydrogen-bond donors (Lipinski definition) is 3. The first-order valence-corrected chi connectivity index (χ1v) is 11.4. The van der Waals surface area contributed by atoms with E-state index in [9.17, 15) is 14.7 Å². The van der Waals surface area contributed by atoms with Gasteiger partial charge in [0.1, 0.15) is 5.75 Å². The fraction of sp³-hybridized carbons (Fsp3) is 0.250. The van der Waals surface area contributed by atoms with E-state index in [1.54, 1.807) is 26.0 Å². The highest BCUT2D eigenvalue weighted by Gasteiger charge is 2.29. The summed E-state index contributed by atoms with van der Waals surface area (Å²) in [6.07, 6.45) is 6.45. The van der Waals surface area contributed by atoms with Gasteiger partial charge in [-0.05, 0) is 29.8 Å². The number of aliphatic hydroxyl groups is 1. The molecule has 33 heavy (non-hydrogen) atoms. The molecule has 0 saturated heterocycles. The number of nitrogens with one attached hydrogen (secondary N) is 2. The molecule has 7 nitrogen and oxygen atoms in total. The van der Waals surface area contributed by atoms with Gasteiger partial charge in [0.25, 0.3) is 5.56 Å². The van der Waals surface area contributed by atoms with E-state index in [2.05, 4.69) is 9.71 Å². The fourth-order valence-electron chi connectivity index (χ4n) is 3.35. The topological polar surface area (TPSA) is 96.3 Å². The van der Waals surface area contributed by atoms with Gasteiger partial charge in [-0.1, -0.05) is 44.0 Å². The number of rotatable bonds is 8. The van der Waals surface area contributed by atoms with Crippen molar-refractivity contribution < 1.29 is 14.2 Å². The molecule has 0 bridgehead atoms. The molecule has 0 unspecified atom stereocenters. The fourth-order valence-corrected chi connectivity index (χ4v) is 3.72. The van der Waals surface area contributed by atoms with Gasteiger partial charge < -0.3 is 14.6 Å².